The quantitative estimate of drug-likeness (QED) is 0.608. The van der Waals surface area contributed by atoms with Gasteiger partial charge >= 0.3 is 0 Å². The van der Waals surface area contributed by atoms with Crippen molar-refractivity contribution in [1.29, 1.82) is 5.26 Å². The zero-order valence-electron chi connectivity index (χ0n) is 18.0. The maximum Gasteiger partial charge on any atom is 0.282 e. The Morgan fingerprint density at radius 1 is 0.906 bits per heavy atom. The van der Waals surface area contributed by atoms with Crippen LogP contribution < -0.4 is 15.0 Å². The summed E-state index contributed by atoms with van der Waals surface area (Å²) in [6.45, 7) is 3.94. The molecule has 0 radical (unpaired) electrons. The number of ether oxygens (including phenoxy) is 1. The van der Waals surface area contributed by atoms with Crippen LogP contribution in [0, 0.1) is 25.2 Å². The minimum Gasteiger partial charge on any atom is -0.496 e. The van der Waals surface area contributed by atoms with Gasteiger partial charge < -0.3 is 10.1 Å². The van der Waals surface area contributed by atoms with E-state index in [-0.39, 0.29) is 11.3 Å². The van der Waals surface area contributed by atoms with Crippen LogP contribution in [0.1, 0.15) is 22.3 Å². The van der Waals surface area contributed by atoms with Crippen LogP contribution in [0.4, 0.5) is 11.4 Å². The molecule has 4 rings (SSSR count). The minimum absolute atomic E-state index is 0.175. The van der Waals surface area contributed by atoms with Gasteiger partial charge in [0.25, 0.3) is 11.8 Å². The molecule has 1 heterocycles. The second kappa shape index (κ2) is 8.40. The van der Waals surface area contributed by atoms with E-state index in [4.69, 9.17) is 10.00 Å². The number of hydrogen-bond acceptors (Lipinski definition) is 5. The number of aryl methyl sites for hydroxylation is 2. The van der Waals surface area contributed by atoms with E-state index in [0.29, 0.717) is 28.3 Å². The number of nitriles is 1. The summed E-state index contributed by atoms with van der Waals surface area (Å²) < 4.78 is 5.47. The number of rotatable bonds is 5. The largest absolute Gasteiger partial charge is 0.496 e. The number of methoxy groups -OCH3 is 1. The molecule has 1 aliphatic heterocycles. The lowest BCUT2D eigenvalue weighted by molar-refractivity contribution is -0.120. The maximum absolute atomic E-state index is 13.6. The summed E-state index contributed by atoms with van der Waals surface area (Å²) in [6.07, 6.45) is 0. The van der Waals surface area contributed by atoms with Crippen molar-refractivity contribution in [2.45, 2.75) is 13.8 Å². The van der Waals surface area contributed by atoms with Crippen molar-refractivity contribution in [2.24, 2.45) is 0 Å². The first kappa shape index (κ1) is 20.9. The van der Waals surface area contributed by atoms with Crippen molar-refractivity contribution in [1.82, 2.24) is 0 Å². The van der Waals surface area contributed by atoms with Gasteiger partial charge in [-0.25, -0.2) is 4.90 Å². The fraction of sp³-hybridized carbons (Fsp3) is 0.115. The molecular formula is C26H21N3O3. The number of carbonyl (C=O) groups excluding carboxylic acids is 2. The van der Waals surface area contributed by atoms with Crippen molar-refractivity contribution in [3.63, 3.8) is 0 Å². The lowest BCUT2D eigenvalue weighted by atomic mass is 10.0. The Balaban J connectivity index is 1.86. The van der Waals surface area contributed by atoms with Gasteiger partial charge in [-0.1, -0.05) is 24.3 Å². The number of benzene rings is 3. The molecule has 3 aromatic rings. The number of nitrogens with one attached hydrogen (secondary N) is 1. The number of nitrogens with zero attached hydrogens (tertiary/aromatic N) is 2. The van der Waals surface area contributed by atoms with Crippen molar-refractivity contribution in [3.05, 3.63) is 94.7 Å². The van der Waals surface area contributed by atoms with Crippen molar-refractivity contribution in [2.75, 3.05) is 17.3 Å². The van der Waals surface area contributed by atoms with Gasteiger partial charge in [-0.2, -0.15) is 5.26 Å². The molecule has 0 saturated heterocycles. The van der Waals surface area contributed by atoms with Crippen LogP contribution in [-0.4, -0.2) is 18.9 Å². The highest BCUT2D eigenvalue weighted by molar-refractivity contribution is 6.46. The van der Waals surface area contributed by atoms with Gasteiger partial charge in [0.1, 0.15) is 11.4 Å². The highest BCUT2D eigenvalue weighted by Crippen LogP contribution is 2.37. The fourth-order valence-corrected chi connectivity index (χ4v) is 3.86. The summed E-state index contributed by atoms with van der Waals surface area (Å²) in [7, 11) is 1.52. The molecule has 1 N–H and O–H groups in total. The monoisotopic (exact) mass is 423 g/mol. The zero-order valence-corrected chi connectivity index (χ0v) is 18.0. The molecule has 0 unspecified atom stereocenters. The zero-order chi connectivity index (χ0) is 22.8. The van der Waals surface area contributed by atoms with Gasteiger partial charge in [-0.15, -0.1) is 0 Å². The topological polar surface area (TPSA) is 82.4 Å². The Morgan fingerprint density at radius 3 is 2.19 bits per heavy atom. The predicted octanol–water partition coefficient (Wildman–Crippen LogP) is 4.58. The Labute approximate surface area is 186 Å². The van der Waals surface area contributed by atoms with E-state index < -0.39 is 11.8 Å². The van der Waals surface area contributed by atoms with Crippen LogP contribution in [0.25, 0.3) is 5.57 Å². The Kier molecular flexibility index (Phi) is 5.48. The molecule has 2 amide bonds. The normalized spacial score (nSPS) is 13.4. The SMILES string of the molecule is COc1ccccc1C1=C(Nc2cc(C)cc(C)c2)C(=O)N(c2ccc(C#N)cc2)C1=O. The van der Waals surface area contributed by atoms with Gasteiger partial charge in [0.05, 0.1) is 30.0 Å². The second-order valence-electron chi connectivity index (χ2n) is 7.56. The minimum atomic E-state index is -0.472. The first-order valence-corrected chi connectivity index (χ1v) is 10.0. The fourth-order valence-electron chi connectivity index (χ4n) is 3.86. The number of anilines is 2. The third-order valence-electron chi connectivity index (χ3n) is 5.21. The number of imide groups is 1. The van der Waals surface area contributed by atoms with Crippen LogP contribution >= 0.6 is 0 Å². The molecule has 0 fully saturated rings. The van der Waals surface area contributed by atoms with E-state index in [1.54, 1.807) is 48.5 Å². The van der Waals surface area contributed by atoms with Gasteiger partial charge in [0.15, 0.2) is 0 Å². The molecule has 0 atom stereocenters. The highest BCUT2D eigenvalue weighted by atomic mass is 16.5. The summed E-state index contributed by atoms with van der Waals surface area (Å²) in [5, 5.41) is 12.3. The predicted molar refractivity (Wildman–Crippen MR) is 123 cm³/mol. The number of hydrogen-bond donors (Lipinski definition) is 1. The van der Waals surface area contributed by atoms with Crippen LogP contribution in [0.15, 0.2) is 72.4 Å². The second-order valence-corrected chi connectivity index (χ2v) is 7.56. The third-order valence-corrected chi connectivity index (χ3v) is 5.21. The van der Waals surface area contributed by atoms with Crippen LogP contribution in [0.2, 0.25) is 0 Å². The first-order valence-electron chi connectivity index (χ1n) is 10.0. The van der Waals surface area contributed by atoms with E-state index in [0.717, 1.165) is 16.0 Å². The molecule has 158 valence electrons. The summed E-state index contributed by atoms with van der Waals surface area (Å²) in [4.78, 5) is 28.2. The summed E-state index contributed by atoms with van der Waals surface area (Å²) in [5.41, 5.74) is 4.55. The summed E-state index contributed by atoms with van der Waals surface area (Å²) >= 11 is 0. The van der Waals surface area contributed by atoms with Crippen molar-refractivity contribution >= 4 is 28.8 Å². The van der Waals surface area contributed by atoms with Crippen LogP contribution in [0.5, 0.6) is 5.75 Å². The third kappa shape index (κ3) is 3.72. The molecule has 3 aromatic carbocycles. The van der Waals surface area contributed by atoms with E-state index in [1.807, 2.05) is 38.1 Å². The van der Waals surface area contributed by atoms with E-state index in [9.17, 15) is 9.59 Å². The average Bonchev–Trinajstić information content (AvgIpc) is 3.02. The van der Waals surface area contributed by atoms with E-state index in [2.05, 4.69) is 5.32 Å². The van der Waals surface area contributed by atoms with E-state index in [1.165, 1.54) is 7.11 Å². The van der Waals surface area contributed by atoms with E-state index >= 15 is 0 Å². The van der Waals surface area contributed by atoms with Crippen LogP contribution in [-0.2, 0) is 9.59 Å². The average molecular weight is 423 g/mol. The molecule has 6 nitrogen and oxygen atoms in total. The van der Waals surface area contributed by atoms with Crippen molar-refractivity contribution < 1.29 is 14.3 Å². The Morgan fingerprint density at radius 2 is 1.56 bits per heavy atom. The standard InChI is InChI=1S/C26H21N3O3/c1-16-12-17(2)14-19(13-16)28-24-23(21-6-4-5-7-22(21)32-3)25(30)29(26(24)31)20-10-8-18(15-27)9-11-20/h4-14,28H,1-3H3. The van der Waals surface area contributed by atoms with Gasteiger partial charge in [-0.3, -0.25) is 9.59 Å². The summed E-state index contributed by atoms with van der Waals surface area (Å²) in [5.74, 6) is -0.444. The number of para-hydroxylation sites is 1. The highest BCUT2D eigenvalue weighted by Gasteiger charge is 2.41. The molecule has 0 bridgehead atoms. The summed E-state index contributed by atoms with van der Waals surface area (Å²) in [6, 6.07) is 21.4. The molecule has 0 aliphatic carbocycles. The van der Waals surface area contributed by atoms with Crippen molar-refractivity contribution in [3.8, 4) is 11.8 Å². The Hall–Kier alpha value is -4.37. The molecule has 0 aromatic heterocycles. The van der Waals surface area contributed by atoms with Crippen LogP contribution in [0.3, 0.4) is 0 Å². The van der Waals surface area contributed by atoms with Gasteiger partial charge in [0, 0.05) is 11.3 Å². The Bertz CT molecular complexity index is 1280. The first-order chi connectivity index (χ1) is 15.4. The van der Waals surface area contributed by atoms with Gasteiger partial charge in [-0.05, 0) is 67.4 Å². The smallest absolute Gasteiger partial charge is 0.282 e. The molecule has 1 aliphatic rings. The number of amides is 2. The maximum atomic E-state index is 13.6. The number of carbonyl (C=O) groups is 2. The molecular weight excluding hydrogens is 402 g/mol. The molecule has 0 spiro atoms. The lowest BCUT2D eigenvalue weighted by Crippen LogP contribution is -2.32. The molecule has 6 heteroatoms. The lowest BCUT2D eigenvalue weighted by Gasteiger charge is -2.16. The molecule has 0 saturated carbocycles. The van der Waals surface area contributed by atoms with Gasteiger partial charge in [0.2, 0.25) is 0 Å². The molecule has 32 heavy (non-hydrogen) atoms.